The second kappa shape index (κ2) is 8.28. The van der Waals surface area contributed by atoms with Crippen molar-refractivity contribution in [2.45, 2.75) is 64.7 Å². The van der Waals surface area contributed by atoms with Crippen LogP contribution in [0.25, 0.3) is 0 Å². The van der Waals surface area contributed by atoms with Crippen LogP contribution in [0.2, 0.25) is 0 Å². The van der Waals surface area contributed by atoms with E-state index in [2.05, 4.69) is 51.6 Å². The Morgan fingerprint density at radius 3 is 2.43 bits per heavy atom. The lowest BCUT2D eigenvalue weighted by Gasteiger charge is -2.24. The van der Waals surface area contributed by atoms with Gasteiger partial charge in [-0.15, -0.1) is 0 Å². The van der Waals surface area contributed by atoms with Gasteiger partial charge in [0.1, 0.15) is 0 Å². The summed E-state index contributed by atoms with van der Waals surface area (Å²) in [5, 5.41) is 0. The van der Waals surface area contributed by atoms with Crippen molar-refractivity contribution in [3.8, 4) is 0 Å². The molecule has 0 bridgehead atoms. The van der Waals surface area contributed by atoms with Gasteiger partial charge in [0.2, 0.25) is 0 Å². The Morgan fingerprint density at radius 2 is 1.83 bits per heavy atom. The first-order chi connectivity index (χ1) is 10.7. The largest absolute Gasteiger partial charge is 0.378 e. The van der Waals surface area contributed by atoms with E-state index in [9.17, 15) is 0 Å². The van der Waals surface area contributed by atoms with Crippen molar-refractivity contribution in [1.29, 1.82) is 0 Å². The number of nitrogens with zero attached hydrogens (tertiary/aromatic N) is 2. The smallest absolute Gasteiger partial charge is 0.0598 e. The monoisotopic (exact) mass is 326 g/mol. The lowest BCUT2D eigenvalue weighted by molar-refractivity contribution is -0.0205. The molecule has 0 N–H and O–H groups in total. The van der Waals surface area contributed by atoms with Crippen molar-refractivity contribution >= 4 is 0 Å². The quantitative estimate of drug-likeness (QED) is 0.718. The molecule has 0 spiro atoms. The first-order valence-corrected chi connectivity index (χ1v) is 9.37. The summed E-state index contributed by atoms with van der Waals surface area (Å²) in [5.74, 6) is 1.40. The Morgan fingerprint density at radius 1 is 1.09 bits per heavy atom. The highest BCUT2D eigenvalue weighted by molar-refractivity contribution is 4.85. The minimum Gasteiger partial charge on any atom is -0.378 e. The predicted molar refractivity (Wildman–Crippen MR) is 95.9 cm³/mol. The van der Waals surface area contributed by atoms with Crippen molar-refractivity contribution in [1.82, 2.24) is 9.80 Å². The highest BCUT2D eigenvalue weighted by Gasteiger charge is 2.31. The zero-order valence-electron chi connectivity index (χ0n) is 16.2. The number of likely N-dealkylation sites (tertiary alicyclic amines) is 2. The zero-order chi connectivity index (χ0) is 17.0. The Bertz CT molecular complexity index is 356. The second-order valence-electron chi connectivity index (χ2n) is 8.92. The Hall–Kier alpha value is -0.160. The number of hydrogen-bond acceptors (Lipinski definition) is 4. The fourth-order valence-corrected chi connectivity index (χ4v) is 3.87. The van der Waals surface area contributed by atoms with Gasteiger partial charge in [0.25, 0.3) is 0 Å². The molecule has 0 aliphatic carbocycles. The molecule has 4 heteroatoms. The van der Waals surface area contributed by atoms with Gasteiger partial charge in [0.15, 0.2) is 0 Å². The first-order valence-electron chi connectivity index (χ1n) is 9.37. The van der Waals surface area contributed by atoms with Crippen LogP contribution in [0.15, 0.2) is 0 Å². The molecule has 4 atom stereocenters. The molecule has 2 rings (SSSR count). The van der Waals surface area contributed by atoms with E-state index < -0.39 is 0 Å². The molecule has 0 saturated carbocycles. The van der Waals surface area contributed by atoms with Crippen LogP contribution in [0.3, 0.4) is 0 Å². The van der Waals surface area contributed by atoms with Gasteiger partial charge in [0.05, 0.1) is 24.9 Å². The van der Waals surface area contributed by atoms with Crippen LogP contribution >= 0.6 is 0 Å². The maximum atomic E-state index is 6.15. The van der Waals surface area contributed by atoms with Crippen LogP contribution in [0, 0.1) is 11.8 Å². The second-order valence-corrected chi connectivity index (χ2v) is 8.92. The van der Waals surface area contributed by atoms with Crippen LogP contribution in [0.1, 0.15) is 47.0 Å². The third kappa shape index (κ3) is 6.69. The van der Waals surface area contributed by atoms with E-state index in [1.807, 2.05) is 0 Å². The maximum Gasteiger partial charge on any atom is 0.0598 e. The molecule has 2 saturated heterocycles. The SMILES string of the molecule is CC(CC1CC(COC(C)(C)C)CN1C)OC[C@@H]1CCN(C)C1. The summed E-state index contributed by atoms with van der Waals surface area (Å²) >= 11 is 0. The van der Waals surface area contributed by atoms with Crippen molar-refractivity contribution in [3.63, 3.8) is 0 Å². The summed E-state index contributed by atoms with van der Waals surface area (Å²) < 4.78 is 12.1. The van der Waals surface area contributed by atoms with Gasteiger partial charge in [0, 0.05) is 19.1 Å². The molecular weight excluding hydrogens is 288 g/mol. The molecule has 3 unspecified atom stereocenters. The highest BCUT2D eigenvalue weighted by Crippen LogP contribution is 2.27. The van der Waals surface area contributed by atoms with Crippen LogP contribution in [-0.4, -0.2) is 74.5 Å². The molecule has 2 fully saturated rings. The van der Waals surface area contributed by atoms with E-state index in [1.165, 1.54) is 25.9 Å². The van der Waals surface area contributed by atoms with Gasteiger partial charge in [-0.3, -0.25) is 0 Å². The highest BCUT2D eigenvalue weighted by atomic mass is 16.5. The average Bonchev–Trinajstić information content (AvgIpc) is 3.00. The summed E-state index contributed by atoms with van der Waals surface area (Å²) in [5.41, 5.74) is -0.0263. The summed E-state index contributed by atoms with van der Waals surface area (Å²) in [6.45, 7) is 14.0. The molecule has 0 aromatic rings. The third-order valence-corrected chi connectivity index (χ3v) is 5.24. The van der Waals surface area contributed by atoms with Crippen LogP contribution < -0.4 is 0 Å². The van der Waals surface area contributed by atoms with Crippen molar-refractivity contribution < 1.29 is 9.47 Å². The molecule has 23 heavy (non-hydrogen) atoms. The van der Waals surface area contributed by atoms with Gasteiger partial charge in [-0.05, 0) is 79.4 Å². The molecule has 0 amide bonds. The lowest BCUT2D eigenvalue weighted by Crippen LogP contribution is -2.30. The summed E-state index contributed by atoms with van der Waals surface area (Å²) in [6.07, 6.45) is 4.03. The van der Waals surface area contributed by atoms with Crippen molar-refractivity contribution in [2.24, 2.45) is 11.8 Å². The molecule has 0 aromatic heterocycles. The van der Waals surface area contributed by atoms with Gasteiger partial charge < -0.3 is 19.3 Å². The van der Waals surface area contributed by atoms with Gasteiger partial charge in [-0.2, -0.15) is 0 Å². The molecule has 2 aliphatic heterocycles. The topological polar surface area (TPSA) is 24.9 Å². The van der Waals surface area contributed by atoms with Crippen LogP contribution in [-0.2, 0) is 9.47 Å². The summed E-state index contributed by atoms with van der Waals surface area (Å²) in [4.78, 5) is 4.91. The fraction of sp³-hybridized carbons (Fsp3) is 1.00. The number of hydrogen-bond donors (Lipinski definition) is 0. The Balaban J connectivity index is 1.66. The molecule has 136 valence electrons. The van der Waals surface area contributed by atoms with E-state index in [1.54, 1.807) is 0 Å². The lowest BCUT2D eigenvalue weighted by atomic mass is 10.0. The molecule has 0 radical (unpaired) electrons. The van der Waals surface area contributed by atoms with Gasteiger partial charge in [-0.1, -0.05) is 0 Å². The van der Waals surface area contributed by atoms with E-state index in [4.69, 9.17) is 9.47 Å². The normalized spacial score (nSPS) is 31.8. The van der Waals surface area contributed by atoms with Crippen LogP contribution in [0.4, 0.5) is 0 Å². The van der Waals surface area contributed by atoms with Gasteiger partial charge in [-0.25, -0.2) is 0 Å². The maximum absolute atomic E-state index is 6.15. The molecule has 4 nitrogen and oxygen atoms in total. The number of ether oxygens (including phenoxy) is 2. The minimum absolute atomic E-state index is 0.0263. The molecule has 2 heterocycles. The summed E-state index contributed by atoms with van der Waals surface area (Å²) in [6, 6.07) is 0.643. The predicted octanol–water partition coefficient (Wildman–Crippen LogP) is 2.87. The molecule has 0 aromatic carbocycles. The van der Waals surface area contributed by atoms with E-state index in [0.29, 0.717) is 18.1 Å². The number of rotatable bonds is 7. The molecule has 2 aliphatic rings. The van der Waals surface area contributed by atoms with E-state index >= 15 is 0 Å². The summed E-state index contributed by atoms with van der Waals surface area (Å²) in [7, 11) is 4.46. The van der Waals surface area contributed by atoms with Crippen LogP contribution in [0.5, 0.6) is 0 Å². The Labute approximate surface area is 143 Å². The zero-order valence-corrected chi connectivity index (χ0v) is 16.2. The first kappa shape index (κ1) is 19.2. The van der Waals surface area contributed by atoms with E-state index in [0.717, 1.165) is 32.1 Å². The van der Waals surface area contributed by atoms with E-state index in [-0.39, 0.29) is 5.60 Å². The van der Waals surface area contributed by atoms with Crippen molar-refractivity contribution in [3.05, 3.63) is 0 Å². The third-order valence-electron chi connectivity index (χ3n) is 5.24. The standard InChI is InChI=1S/C19H38N2O2/c1-15(22-13-16-7-8-20(5)11-16)9-18-10-17(12-21(18)6)14-23-19(2,3)4/h15-18H,7-14H2,1-6H3/t15?,16-,17?,18?/m1/s1. The molecular formula is C19H38N2O2. The fourth-order valence-electron chi connectivity index (χ4n) is 3.87. The van der Waals surface area contributed by atoms with Crippen molar-refractivity contribution in [2.75, 3.05) is 46.9 Å². The average molecular weight is 327 g/mol. The van der Waals surface area contributed by atoms with Gasteiger partial charge >= 0.3 is 0 Å². The Kier molecular flexibility index (Phi) is 6.90. The minimum atomic E-state index is -0.0263.